The molecule has 0 aliphatic rings. The highest BCUT2D eigenvalue weighted by molar-refractivity contribution is 8.93. The second kappa shape index (κ2) is 17.6. The van der Waals surface area contributed by atoms with Crippen molar-refractivity contribution in [2.45, 2.75) is 51.9 Å². The zero-order valence-electron chi connectivity index (χ0n) is 18.0. The van der Waals surface area contributed by atoms with Crippen LogP contribution in [-0.4, -0.2) is 36.4 Å². The van der Waals surface area contributed by atoms with Crippen LogP contribution in [0.5, 0.6) is 11.5 Å². The number of phenolic OH excluding ortho intramolecular Hbond substituents is 2. The van der Waals surface area contributed by atoms with E-state index in [1.165, 1.54) is 31.2 Å². The third-order valence-electron chi connectivity index (χ3n) is 5.17. The first-order valence-electron chi connectivity index (χ1n) is 10.7. The lowest BCUT2D eigenvalue weighted by Gasteiger charge is -2.12. The Bertz CT molecular complexity index is 684. The highest BCUT2D eigenvalue weighted by Crippen LogP contribution is 2.31. The fourth-order valence-corrected chi connectivity index (χ4v) is 3.50. The van der Waals surface area contributed by atoms with Crippen molar-refractivity contribution in [3.05, 3.63) is 59.2 Å². The lowest BCUT2D eigenvalue weighted by atomic mass is 10.0. The van der Waals surface area contributed by atoms with Gasteiger partial charge in [0.25, 0.3) is 0 Å². The van der Waals surface area contributed by atoms with Gasteiger partial charge in [-0.15, -0.1) is 34.0 Å². The van der Waals surface area contributed by atoms with Crippen LogP contribution in [-0.2, 0) is 19.3 Å². The summed E-state index contributed by atoms with van der Waals surface area (Å²) >= 11 is 0. The average molecular weight is 546 g/mol. The van der Waals surface area contributed by atoms with E-state index in [0.717, 1.165) is 56.6 Å². The minimum atomic E-state index is -0.0249. The molecule has 0 heterocycles. The van der Waals surface area contributed by atoms with Gasteiger partial charge >= 0.3 is 0 Å². The summed E-state index contributed by atoms with van der Waals surface area (Å²) in [6, 6.07) is 14.1. The standard InChI is InChI=1S/C24H36N2O2.2BrH/c1-2-22-21(12-13-23(27)24(22)28)15-19-26-17-9-4-3-8-16-25-18-14-20-10-6-5-7-11-20;;/h5-7,10-13,25-28H,2-4,8-9,14-19H2,1H3;2*1H. The quantitative estimate of drug-likeness (QED) is 0.191. The number of rotatable bonds is 14. The highest BCUT2D eigenvalue weighted by atomic mass is 79.9. The van der Waals surface area contributed by atoms with Crippen LogP contribution >= 0.6 is 34.0 Å². The summed E-state index contributed by atoms with van der Waals surface area (Å²) in [4.78, 5) is 0. The second-order valence-corrected chi connectivity index (χ2v) is 7.32. The Labute approximate surface area is 203 Å². The molecule has 170 valence electrons. The number of phenols is 2. The Morgan fingerprint density at radius 1 is 0.700 bits per heavy atom. The summed E-state index contributed by atoms with van der Waals surface area (Å²) < 4.78 is 0. The molecular formula is C24H38Br2N2O2. The second-order valence-electron chi connectivity index (χ2n) is 7.32. The molecule has 2 aromatic carbocycles. The number of hydrogen-bond acceptors (Lipinski definition) is 4. The lowest BCUT2D eigenvalue weighted by molar-refractivity contribution is 0.399. The molecule has 0 aliphatic heterocycles. The molecule has 0 radical (unpaired) electrons. The van der Waals surface area contributed by atoms with Gasteiger partial charge < -0.3 is 20.8 Å². The van der Waals surface area contributed by atoms with Gasteiger partial charge in [0.2, 0.25) is 0 Å². The Kier molecular flexibility index (Phi) is 17.0. The lowest BCUT2D eigenvalue weighted by Crippen LogP contribution is -2.19. The highest BCUT2D eigenvalue weighted by Gasteiger charge is 2.09. The molecule has 4 N–H and O–H groups in total. The summed E-state index contributed by atoms with van der Waals surface area (Å²) in [6.45, 7) is 6.09. The summed E-state index contributed by atoms with van der Waals surface area (Å²) in [5.41, 5.74) is 3.38. The van der Waals surface area contributed by atoms with Gasteiger partial charge in [-0.3, -0.25) is 0 Å². The van der Waals surface area contributed by atoms with E-state index in [1.54, 1.807) is 6.07 Å². The maximum atomic E-state index is 9.94. The van der Waals surface area contributed by atoms with Crippen molar-refractivity contribution < 1.29 is 10.2 Å². The van der Waals surface area contributed by atoms with E-state index < -0.39 is 0 Å². The fourth-order valence-electron chi connectivity index (χ4n) is 3.50. The molecule has 0 fully saturated rings. The number of nitrogens with one attached hydrogen (secondary N) is 2. The van der Waals surface area contributed by atoms with Crippen molar-refractivity contribution in [3.63, 3.8) is 0 Å². The van der Waals surface area contributed by atoms with Crippen LogP contribution in [0.25, 0.3) is 0 Å². The predicted octanol–water partition coefficient (Wildman–Crippen LogP) is 5.34. The summed E-state index contributed by atoms with van der Waals surface area (Å²) in [5, 5.41) is 26.6. The molecule has 0 aliphatic carbocycles. The van der Waals surface area contributed by atoms with E-state index in [-0.39, 0.29) is 45.5 Å². The molecule has 0 spiro atoms. The Morgan fingerprint density at radius 2 is 1.30 bits per heavy atom. The molecule has 0 saturated heterocycles. The molecule has 2 aromatic rings. The fraction of sp³-hybridized carbons (Fsp3) is 0.500. The maximum Gasteiger partial charge on any atom is 0.160 e. The van der Waals surface area contributed by atoms with Gasteiger partial charge in [0, 0.05) is 5.56 Å². The van der Waals surface area contributed by atoms with Crippen molar-refractivity contribution >= 4 is 34.0 Å². The number of unbranched alkanes of at least 4 members (excludes halogenated alkanes) is 3. The molecular weight excluding hydrogens is 508 g/mol. The van der Waals surface area contributed by atoms with Gasteiger partial charge in [-0.1, -0.05) is 56.2 Å². The minimum Gasteiger partial charge on any atom is -0.504 e. The van der Waals surface area contributed by atoms with E-state index in [9.17, 15) is 10.2 Å². The van der Waals surface area contributed by atoms with Crippen LogP contribution in [0.4, 0.5) is 0 Å². The van der Waals surface area contributed by atoms with Crippen LogP contribution in [0.2, 0.25) is 0 Å². The Hall–Kier alpha value is -1.08. The number of aromatic hydroxyl groups is 2. The van der Waals surface area contributed by atoms with Crippen molar-refractivity contribution in [2.24, 2.45) is 0 Å². The first kappa shape index (κ1) is 28.9. The maximum absolute atomic E-state index is 9.94. The first-order valence-corrected chi connectivity index (χ1v) is 10.7. The third-order valence-corrected chi connectivity index (χ3v) is 5.17. The number of hydrogen-bond donors (Lipinski definition) is 4. The van der Waals surface area contributed by atoms with Crippen molar-refractivity contribution in [1.29, 1.82) is 0 Å². The van der Waals surface area contributed by atoms with Gasteiger partial charge in [0.05, 0.1) is 0 Å². The van der Waals surface area contributed by atoms with Gasteiger partial charge in [-0.2, -0.15) is 0 Å². The van der Waals surface area contributed by atoms with Crippen molar-refractivity contribution in [2.75, 3.05) is 26.2 Å². The van der Waals surface area contributed by atoms with Crippen LogP contribution < -0.4 is 10.6 Å². The van der Waals surface area contributed by atoms with E-state index in [1.807, 2.05) is 13.0 Å². The van der Waals surface area contributed by atoms with E-state index in [4.69, 9.17) is 0 Å². The number of benzene rings is 2. The van der Waals surface area contributed by atoms with Crippen LogP contribution in [0.3, 0.4) is 0 Å². The summed E-state index contributed by atoms with van der Waals surface area (Å²) in [7, 11) is 0. The molecule has 0 aromatic heterocycles. The van der Waals surface area contributed by atoms with Gasteiger partial charge in [0.1, 0.15) is 0 Å². The van der Waals surface area contributed by atoms with Gasteiger partial charge in [-0.25, -0.2) is 0 Å². The number of halogens is 2. The molecule has 0 saturated carbocycles. The average Bonchev–Trinajstić information content (AvgIpc) is 2.72. The largest absolute Gasteiger partial charge is 0.504 e. The third kappa shape index (κ3) is 10.8. The molecule has 2 rings (SSSR count). The zero-order valence-corrected chi connectivity index (χ0v) is 21.5. The topological polar surface area (TPSA) is 64.5 Å². The van der Waals surface area contributed by atoms with Crippen LogP contribution in [0, 0.1) is 0 Å². The summed E-state index contributed by atoms with van der Waals surface area (Å²) in [6.07, 6.45) is 7.67. The SMILES string of the molecule is Br.Br.CCc1c(CCNCCCCCCNCCc2ccccc2)ccc(O)c1O. The van der Waals surface area contributed by atoms with Crippen molar-refractivity contribution in [3.8, 4) is 11.5 Å². The zero-order chi connectivity index (χ0) is 20.0. The molecule has 6 heteroatoms. The van der Waals surface area contributed by atoms with Crippen molar-refractivity contribution in [1.82, 2.24) is 10.6 Å². The van der Waals surface area contributed by atoms with Gasteiger partial charge in [0.15, 0.2) is 11.5 Å². The van der Waals surface area contributed by atoms with Crippen LogP contribution in [0.15, 0.2) is 42.5 Å². The normalized spacial score (nSPS) is 10.3. The summed E-state index contributed by atoms with van der Waals surface area (Å²) in [5.74, 6) is 0.0143. The molecule has 0 unspecified atom stereocenters. The molecule has 0 amide bonds. The predicted molar refractivity (Wildman–Crippen MR) is 138 cm³/mol. The van der Waals surface area contributed by atoms with Crippen LogP contribution in [0.1, 0.15) is 49.3 Å². The first-order chi connectivity index (χ1) is 13.7. The monoisotopic (exact) mass is 544 g/mol. The molecule has 4 nitrogen and oxygen atoms in total. The molecule has 0 bridgehead atoms. The minimum absolute atomic E-state index is 0. The smallest absolute Gasteiger partial charge is 0.160 e. The molecule has 0 atom stereocenters. The Morgan fingerprint density at radius 3 is 1.90 bits per heavy atom. The molecule has 30 heavy (non-hydrogen) atoms. The van der Waals surface area contributed by atoms with E-state index in [2.05, 4.69) is 41.0 Å². The van der Waals surface area contributed by atoms with E-state index >= 15 is 0 Å². The van der Waals surface area contributed by atoms with Gasteiger partial charge in [-0.05, 0) is 75.5 Å². The van der Waals surface area contributed by atoms with E-state index in [0.29, 0.717) is 0 Å². The Balaban J connectivity index is 0.00000420.